The number of aromatic nitrogens is 2. The molecule has 4 aromatic rings. The van der Waals surface area contributed by atoms with Crippen LogP contribution < -0.4 is 5.43 Å². The van der Waals surface area contributed by atoms with Crippen molar-refractivity contribution in [3.63, 3.8) is 0 Å². The Bertz CT molecular complexity index is 1030. The van der Waals surface area contributed by atoms with Crippen molar-refractivity contribution in [2.24, 2.45) is 0 Å². The molecule has 0 spiro atoms. The molecule has 0 atom stereocenters. The first-order valence-electron chi connectivity index (χ1n) is 6.27. The van der Waals surface area contributed by atoms with E-state index in [9.17, 15) is 9.90 Å². The molecule has 2 aromatic carbocycles. The Morgan fingerprint density at radius 2 is 1.80 bits per heavy atom. The van der Waals surface area contributed by atoms with E-state index in [1.165, 1.54) is 6.07 Å². The van der Waals surface area contributed by atoms with E-state index >= 15 is 0 Å². The summed E-state index contributed by atoms with van der Waals surface area (Å²) in [7, 11) is 0. The molecule has 0 aliphatic carbocycles. The lowest BCUT2D eigenvalue weighted by Crippen LogP contribution is -1.99. The standard InChI is InChI=1S/C16H10N2O2/c19-13-6-5-12-14-10(7-8-17-12)9-3-1-2-4-11(9)18-16(20)15(13)14/h1-8,17,20H. The van der Waals surface area contributed by atoms with Gasteiger partial charge in [-0.2, -0.15) is 0 Å². The van der Waals surface area contributed by atoms with Gasteiger partial charge in [0.25, 0.3) is 0 Å². The van der Waals surface area contributed by atoms with Gasteiger partial charge in [0, 0.05) is 22.5 Å². The highest BCUT2D eigenvalue weighted by molar-refractivity contribution is 6.17. The monoisotopic (exact) mass is 262 g/mol. The van der Waals surface area contributed by atoms with Crippen molar-refractivity contribution < 1.29 is 5.11 Å². The Labute approximate surface area is 113 Å². The Hall–Kier alpha value is -2.88. The highest BCUT2D eigenvalue weighted by atomic mass is 16.3. The van der Waals surface area contributed by atoms with Crippen molar-refractivity contribution in [2.75, 3.05) is 0 Å². The molecule has 0 radical (unpaired) electrons. The van der Waals surface area contributed by atoms with Crippen LogP contribution in [0.15, 0.2) is 53.5 Å². The summed E-state index contributed by atoms with van der Waals surface area (Å²) in [6.45, 7) is 0. The van der Waals surface area contributed by atoms with Gasteiger partial charge in [0.1, 0.15) is 0 Å². The third kappa shape index (κ3) is 1.36. The number of hydrogen-bond donors (Lipinski definition) is 2. The number of benzene rings is 2. The number of nitrogens with one attached hydrogen (secondary N) is 1. The summed E-state index contributed by atoms with van der Waals surface area (Å²) in [5.41, 5.74) is 1.23. The van der Waals surface area contributed by atoms with Crippen LogP contribution in [0, 0.1) is 0 Å². The van der Waals surface area contributed by atoms with Crippen LogP contribution in [0.4, 0.5) is 0 Å². The average Bonchev–Trinajstić information content (AvgIpc) is 2.59. The molecule has 0 saturated heterocycles. The van der Waals surface area contributed by atoms with Gasteiger partial charge >= 0.3 is 0 Å². The summed E-state index contributed by atoms with van der Waals surface area (Å²) >= 11 is 0. The van der Waals surface area contributed by atoms with Crippen LogP contribution in [0.2, 0.25) is 0 Å². The number of pyridine rings is 1. The Morgan fingerprint density at radius 1 is 0.950 bits per heavy atom. The maximum Gasteiger partial charge on any atom is 0.223 e. The summed E-state index contributed by atoms with van der Waals surface area (Å²) in [6, 6.07) is 12.6. The first-order valence-corrected chi connectivity index (χ1v) is 6.27. The molecule has 2 aromatic heterocycles. The topological polar surface area (TPSA) is 66.0 Å². The molecule has 2 heterocycles. The highest BCUT2D eigenvalue weighted by Gasteiger charge is 2.12. The highest BCUT2D eigenvalue weighted by Crippen LogP contribution is 2.31. The maximum absolute atomic E-state index is 12.1. The van der Waals surface area contributed by atoms with Crippen LogP contribution in [0.3, 0.4) is 0 Å². The van der Waals surface area contributed by atoms with Crippen molar-refractivity contribution in [1.82, 2.24) is 9.97 Å². The van der Waals surface area contributed by atoms with Crippen molar-refractivity contribution in [3.8, 4) is 5.88 Å². The zero-order valence-electron chi connectivity index (χ0n) is 10.4. The molecule has 2 N–H and O–H groups in total. The fraction of sp³-hybridized carbons (Fsp3) is 0. The van der Waals surface area contributed by atoms with Crippen molar-refractivity contribution in [1.29, 1.82) is 0 Å². The third-order valence-corrected chi connectivity index (χ3v) is 3.57. The predicted octanol–water partition coefficient (Wildman–Crippen LogP) is 2.94. The number of aromatic hydroxyl groups is 1. The fourth-order valence-corrected chi connectivity index (χ4v) is 2.70. The Morgan fingerprint density at radius 3 is 2.70 bits per heavy atom. The number of fused-ring (bicyclic) bond motifs is 2. The van der Waals surface area contributed by atoms with E-state index in [4.69, 9.17) is 0 Å². The second kappa shape index (κ2) is 3.81. The lowest BCUT2D eigenvalue weighted by Gasteiger charge is -2.02. The summed E-state index contributed by atoms with van der Waals surface area (Å²) in [6.07, 6.45) is 1.82. The Kier molecular flexibility index (Phi) is 2.09. The average molecular weight is 262 g/mol. The van der Waals surface area contributed by atoms with Crippen LogP contribution >= 0.6 is 0 Å². The van der Waals surface area contributed by atoms with E-state index in [2.05, 4.69) is 9.97 Å². The van der Waals surface area contributed by atoms with E-state index in [0.717, 1.165) is 16.3 Å². The van der Waals surface area contributed by atoms with Gasteiger partial charge in [0.15, 0.2) is 5.43 Å². The maximum atomic E-state index is 12.1. The zero-order valence-corrected chi connectivity index (χ0v) is 10.4. The molecule has 0 fully saturated rings. The molecule has 96 valence electrons. The first kappa shape index (κ1) is 11.0. The molecular weight excluding hydrogens is 252 g/mol. The molecule has 4 nitrogen and oxygen atoms in total. The number of H-pyrrole nitrogens is 1. The summed E-state index contributed by atoms with van der Waals surface area (Å²) in [4.78, 5) is 19.4. The van der Waals surface area contributed by atoms with E-state index in [0.29, 0.717) is 10.9 Å². The minimum Gasteiger partial charge on any atom is -0.493 e. The summed E-state index contributed by atoms with van der Waals surface area (Å²) in [5, 5.41) is 13.0. The van der Waals surface area contributed by atoms with Gasteiger partial charge < -0.3 is 10.1 Å². The molecule has 0 aliphatic rings. The zero-order chi connectivity index (χ0) is 13.7. The number of para-hydroxylation sites is 1. The van der Waals surface area contributed by atoms with Gasteiger partial charge in [-0.1, -0.05) is 18.2 Å². The largest absolute Gasteiger partial charge is 0.493 e. The van der Waals surface area contributed by atoms with Crippen LogP contribution in [0.5, 0.6) is 5.88 Å². The second-order valence-electron chi connectivity index (χ2n) is 4.71. The Balaban J connectivity index is 2.54. The van der Waals surface area contributed by atoms with Gasteiger partial charge in [-0.3, -0.25) is 4.79 Å². The molecule has 4 heteroatoms. The van der Waals surface area contributed by atoms with E-state index in [1.807, 2.05) is 36.5 Å². The number of hydrogen-bond acceptors (Lipinski definition) is 3. The van der Waals surface area contributed by atoms with Crippen molar-refractivity contribution in [2.45, 2.75) is 0 Å². The van der Waals surface area contributed by atoms with E-state index in [1.54, 1.807) is 6.07 Å². The number of rotatable bonds is 0. The van der Waals surface area contributed by atoms with Crippen LogP contribution in [-0.2, 0) is 0 Å². The molecule has 20 heavy (non-hydrogen) atoms. The molecule has 0 amide bonds. The normalized spacial score (nSPS) is 11.4. The fourth-order valence-electron chi connectivity index (χ4n) is 2.70. The van der Waals surface area contributed by atoms with Gasteiger partial charge in [0.05, 0.1) is 10.9 Å². The van der Waals surface area contributed by atoms with Crippen LogP contribution in [0.25, 0.3) is 32.6 Å². The molecule has 0 unspecified atom stereocenters. The van der Waals surface area contributed by atoms with Gasteiger partial charge in [-0.15, -0.1) is 0 Å². The second-order valence-corrected chi connectivity index (χ2v) is 4.71. The predicted molar refractivity (Wildman–Crippen MR) is 79.0 cm³/mol. The van der Waals surface area contributed by atoms with Crippen LogP contribution in [-0.4, -0.2) is 15.1 Å². The summed E-state index contributed by atoms with van der Waals surface area (Å²) < 4.78 is 0. The van der Waals surface area contributed by atoms with E-state index in [-0.39, 0.29) is 16.7 Å². The lowest BCUT2D eigenvalue weighted by atomic mass is 10.1. The van der Waals surface area contributed by atoms with Crippen LogP contribution in [0.1, 0.15) is 0 Å². The minimum atomic E-state index is -0.230. The molecule has 4 rings (SSSR count). The van der Waals surface area contributed by atoms with Gasteiger partial charge in [-0.25, -0.2) is 4.98 Å². The summed E-state index contributed by atoms with van der Waals surface area (Å²) in [5.74, 6) is -0.230. The van der Waals surface area contributed by atoms with Crippen molar-refractivity contribution in [3.05, 3.63) is 58.9 Å². The smallest absolute Gasteiger partial charge is 0.223 e. The SMILES string of the molecule is O=c1ccc2[nH]ccc3c4ccccc4nc(O)c1c23. The third-order valence-electron chi connectivity index (χ3n) is 3.57. The quantitative estimate of drug-likeness (QED) is 0.512. The van der Waals surface area contributed by atoms with Gasteiger partial charge in [0.2, 0.25) is 5.88 Å². The molecule has 0 bridgehead atoms. The molecular formula is C16H10N2O2. The first-order chi connectivity index (χ1) is 9.75. The van der Waals surface area contributed by atoms with Crippen molar-refractivity contribution >= 4 is 32.6 Å². The van der Waals surface area contributed by atoms with E-state index < -0.39 is 0 Å². The number of aromatic amines is 1. The lowest BCUT2D eigenvalue weighted by molar-refractivity contribution is 0.462. The molecule has 0 saturated carbocycles. The van der Waals surface area contributed by atoms with Gasteiger partial charge in [-0.05, 0) is 29.7 Å². The molecule has 0 aliphatic heterocycles. The number of nitrogens with zero attached hydrogens (tertiary/aromatic N) is 1. The minimum absolute atomic E-state index is 0.229.